The maximum Gasteiger partial charge on any atom is 0.266 e. The molecule has 0 radical (unpaired) electrons. The van der Waals surface area contributed by atoms with Crippen LogP contribution in [0.3, 0.4) is 0 Å². The molecule has 1 aromatic rings. The van der Waals surface area contributed by atoms with Gasteiger partial charge in [-0.05, 0) is 0 Å². The zero-order valence-corrected chi connectivity index (χ0v) is 7.85. The van der Waals surface area contributed by atoms with E-state index in [-0.39, 0.29) is 16.5 Å². The highest BCUT2D eigenvalue weighted by Gasteiger charge is 2.19. The van der Waals surface area contributed by atoms with E-state index in [0.29, 0.717) is 0 Å². The molecule has 0 aliphatic carbocycles. The Hall–Kier alpha value is -1.41. The molecule has 6 heteroatoms. The van der Waals surface area contributed by atoms with E-state index in [4.69, 9.17) is 16.9 Å². The molecule has 1 rings (SSSR count). The van der Waals surface area contributed by atoms with Crippen LogP contribution in [0.2, 0.25) is 5.02 Å². The van der Waals surface area contributed by atoms with Gasteiger partial charge in [-0.25, -0.2) is 13.8 Å². The number of ether oxygens (including phenoxy) is 1. The third-order valence-corrected chi connectivity index (χ3v) is 1.96. The van der Waals surface area contributed by atoms with Crippen LogP contribution in [0.1, 0.15) is 17.6 Å². The SMILES string of the molecule is COc1ncc(C(F)F)c(Cl)c1C#N. The van der Waals surface area contributed by atoms with Crippen molar-refractivity contribution in [3.05, 3.63) is 22.3 Å². The molecule has 1 aromatic heterocycles. The number of hydrogen-bond acceptors (Lipinski definition) is 3. The van der Waals surface area contributed by atoms with E-state index in [1.54, 1.807) is 6.07 Å². The number of alkyl halides is 2. The van der Waals surface area contributed by atoms with Crippen LogP contribution in [0, 0.1) is 11.3 Å². The van der Waals surface area contributed by atoms with Gasteiger partial charge in [-0.2, -0.15) is 5.26 Å². The van der Waals surface area contributed by atoms with Crippen molar-refractivity contribution in [1.82, 2.24) is 4.98 Å². The average Bonchev–Trinajstić information content (AvgIpc) is 2.16. The molecule has 0 aliphatic heterocycles. The van der Waals surface area contributed by atoms with Crippen molar-refractivity contribution in [1.29, 1.82) is 5.26 Å². The summed E-state index contributed by atoms with van der Waals surface area (Å²) in [7, 11) is 1.28. The van der Waals surface area contributed by atoms with Crippen LogP contribution in [0.25, 0.3) is 0 Å². The molecule has 1 heterocycles. The summed E-state index contributed by atoms with van der Waals surface area (Å²) in [4.78, 5) is 3.54. The molecular weight excluding hydrogens is 214 g/mol. The first-order valence-corrected chi connectivity index (χ1v) is 3.90. The topological polar surface area (TPSA) is 45.9 Å². The van der Waals surface area contributed by atoms with Gasteiger partial charge < -0.3 is 4.74 Å². The van der Waals surface area contributed by atoms with Crippen molar-refractivity contribution < 1.29 is 13.5 Å². The number of nitriles is 1. The van der Waals surface area contributed by atoms with E-state index >= 15 is 0 Å². The Kier molecular flexibility index (Phi) is 3.20. The number of methoxy groups -OCH3 is 1. The average molecular weight is 219 g/mol. The number of aromatic nitrogens is 1. The maximum absolute atomic E-state index is 12.3. The minimum Gasteiger partial charge on any atom is -0.480 e. The smallest absolute Gasteiger partial charge is 0.266 e. The monoisotopic (exact) mass is 218 g/mol. The van der Waals surface area contributed by atoms with Gasteiger partial charge >= 0.3 is 0 Å². The number of pyridine rings is 1. The molecule has 0 fully saturated rings. The van der Waals surface area contributed by atoms with Gasteiger partial charge in [-0.1, -0.05) is 11.6 Å². The normalized spacial score (nSPS) is 10.0. The van der Waals surface area contributed by atoms with Crippen molar-refractivity contribution in [2.24, 2.45) is 0 Å². The summed E-state index contributed by atoms with van der Waals surface area (Å²) < 4.78 is 29.3. The lowest BCUT2D eigenvalue weighted by Gasteiger charge is -2.06. The van der Waals surface area contributed by atoms with Crippen molar-refractivity contribution in [2.75, 3.05) is 7.11 Å². The summed E-state index contributed by atoms with van der Waals surface area (Å²) in [5, 5.41) is 8.33. The lowest BCUT2D eigenvalue weighted by Crippen LogP contribution is -1.97. The fourth-order valence-corrected chi connectivity index (χ4v) is 1.15. The molecule has 14 heavy (non-hydrogen) atoms. The van der Waals surface area contributed by atoms with Crippen LogP contribution in [0.15, 0.2) is 6.20 Å². The zero-order chi connectivity index (χ0) is 10.7. The molecule has 0 saturated heterocycles. The molecule has 0 N–H and O–H groups in total. The first-order valence-electron chi connectivity index (χ1n) is 3.52. The molecule has 0 bridgehead atoms. The predicted octanol–water partition coefficient (Wildman–Crippen LogP) is 2.55. The van der Waals surface area contributed by atoms with Crippen molar-refractivity contribution >= 4 is 11.6 Å². The van der Waals surface area contributed by atoms with E-state index in [9.17, 15) is 8.78 Å². The standard InChI is InChI=1S/C8H5ClF2N2O/c1-14-8-4(2-12)6(9)5(3-13-8)7(10)11/h3,7H,1H3. The highest BCUT2D eigenvalue weighted by atomic mass is 35.5. The molecule has 74 valence electrons. The van der Waals surface area contributed by atoms with Crippen LogP contribution in [-0.2, 0) is 0 Å². The van der Waals surface area contributed by atoms with Gasteiger partial charge in [0.1, 0.15) is 11.6 Å². The van der Waals surface area contributed by atoms with Crippen molar-refractivity contribution in [3.8, 4) is 11.9 Å². The lowest BCUT2D eigenvalue weighted by atomic mass is 10.2. The number of halogens is 3. The largest absolute Gasteiger partial charge is 0.480 e. The second-order valence-electron chi connectivity index (χ2n) is 2.32. The molecule has 0 aromatic carbocycles. The van der Waals surface area contributed by atoms with E-state index in [1.165, 1.54) is 7.11 Å². The molecule has 0 saturated carbocycles. The van der Waals surface area contributed by atoms with Crippen LogP contribution >= 0.6 is 11.6 Å². The summed E-state index contributed by atoms with van der Waals surface area (Å²) in [5.41, 5.74) is -0.643. The van der Waals surface area contributed by atoms with Crippen LogP contribution in [-0.4, -0.2) is 12.1 Å². The Morgan fingerprint density at radius 2 is 2.29 bits per heavy atom. The minimum atomic E-state index is -2.76. The van der Waals surface area contributed by atoms with Gasteiger partial charge in [0.25, 0.3) is 6.43 Å². The van der Waals surface area contributed by atoms with Gasteiger partial charge in [-0.15, -0.1) is 0 Å². The summed E-state index contributed by atoms with van der Waals surface area (Å²) in [6.07, 6.45) is -1.86. The first kappa shape index (κ1) is 10.7. The van der Waals surface area contributed by atoms with Gasteiger partial charge in [0.05, 0.1) is 17.7 Å². The van der Waals surface area contributed by atoms with E-state index in [2.05, 4.69) is 9.72 Å². The molecule has 0 spiro atoms. The molecule has 3 nitrogen and oxygen atoms in total. The van der Waals surface area contributed by atoms with E-state index in [0.717, 1.165) is 6.20 Å². The first-order chi connectivity index (χ1) is 6.61. The fraction of sp³-hybridized carbons (Fsp3) is 0.250. The van der Waals surface area contributed by atoms with Crippen LogP contribution < -0.4 is 4.74 Å². The zero-order valence-electron chi connectivity index (χ0n) is 7.09. The Morgan fingerprint density at radius 1 is 1.64 bits per heavy atom. The highest BCUT2D eigenvalue weighted by molar-refractivity contribution is 6.32. The second kappa shape index (κ2) is 4.20. The Labute approximate surface area is 83.9 Å². The number of hydrogen-bond donors (Lipinski definition) is 0. The Bertz CT molecular complexity index is 390. The lowest BCUT2D eigenvalue weighted by molar-refractivity contribution is 0.151. The Morgan fingerprint density at radius 3 is 2.71 bits per heavy atom. The van der Waals surface area contributed by atoms with E-state index in [1.807, 2.05) is 0 Å². The highest BCUT2D eigenvalue weighted by Crippen LogP contribution is 2.32. The minimum absolute atomic E-state index is 0.0538. The fourth-order valence-electron chi connectivity index (χ4n) is 0.891. The number of rotatable bonds is 2. The number of nitrogens with zero attached hydrogens (tertiary/aromatic N) is 2. The third kappa shape index (κ3) is 1.75. The van der Waals surface area contributed by atoms with Crippen molar-refractivity contribution in [2.45, 2.75) is 6.43 Å². The maximum atomic E-state index is 12.3. The van der Waals surface area contributed by atoms with E-state index < -0.39 is 12.0 Å². The molecule has 0 aliphatic rings. The predicted molar refractivity (Wildman–Crippen MR) is 45.5 cm³/mol. The van der Waals surface area contributed by atoms with Gasteiger partial charge in [-0.3, -0.25) is 0 Å². The second-order valence-corrected chi connectivity index (χ2v) is 2.70. The Balaban J connectivity index is 3.37. The van der Waals surface area contributed by atoms with Crippen LogP contribution in [0.5, 0.6) is 5.88 Å². The quantitative estimate of drug-likeness (QED) is 0.766. The summed E-state index contributed by atoms with van der Waals surface area (Å²) >= 11 is 5.57. The van der Waals surface area contributed by atoms with Gasteiger partial charge in [0.15, 0.2) is 0 Å². The van der Waals surface area contributed by atoms with Crippen LogP contribution in [0.4, 0.5) is 8.78 Å². The molecule has 0 atom stereocenters. The molecule has 0 unspecified atom stereocenters. The summed E-state index contributed by atoms with van der Waals surface area (Å²) in [6.45, 7) is 0. The molecular formula is C8H5ClF2N2O. The summed E-state index contributed by atoms with van der Waals surface area (Å²) in [5.74, 6) is -0.0538. The van der Waals surface area contributed by atoms with Gasteiger partial charge in [0, 0.05) is 6.20 Å². The molecule has 0 amide bonds. The third-order valence-electron chi connectivity index (χ3n) is 1.55. The summed E-state index contributed by atoms with van der Waals surface area (Å²) in [6, 6.07) is 1.66. The van der Waals surface area contributed by atoms with Crippen molar-refractivity contribution in [3.63, 3.8) is 0 Å². The van der Waals surface area contributed by atoms with Gasteiger partial charge in [0.2, 0.25) is 5.88 Å².